The Kier molecular flexibility index (Phi) is 5.63. The van der Waals surface area contributed by atoms with Gasteiger partial charge in [-0.25, -0.2) is 0 Å². The normalized spacial score (nSPS) is 11.2. The predicted molar refractivity (Wildman–Crippen MR) is 77.4 cm³/mol. The number of nitrogens with zero attached hydrogens (tertiary/aromatic N) is 1. The minimum atomic E-state index is -0.537. The van der Waals surface area contributed by atoms with Crippen LogP contribution in [0.5, 0.6) is 5.75 Å². The fourth-order valence-electron chi connectivity index (χ4n) is 1.56. The van der Waals surface area contributed by atoms with Crippen molar-refractivity contribution < 1.29 is 9.53 Å². The summed E-state index contributed by atoms with van der Waals surface area (Å²) in [6, 6.07) is 7.18. The standard InChI is InChI=1S/C14H21ClN2O2/c1-14(2,10-16)13(18)17(3)7-8-19-12-6-4-5-11(15)9-12/h4-6,9H,7-8,10,16H2,1-3H3. The van der Waals surface area contributed by atoms with Gasteiger partial charge in [0.2, 0.25) is 5.91 Å². The molecule has 19 heavy (non-hydrogen) atoms. The molecule has 0 aliphatic carbocycles. The number of rotatable bonds is 6. The third kappa shape index (κ3) is 4.73. The molecular weight excluding hydrogens is 264 g/mol. The molecule has 0 heterocycles. The van der Waals surface area contributed by atoms with Gasteiger partial charge < -0.3 is 15.4 Å². The van der Waals surface area contributed by atoms with Crippen molar-refractivity contribution in [1.82, 2.24) is 4.90 Å². The molecule has 0 unspecified atom stereocenters. The van der Waals surface area contributed by atoms with Gasteiger partial charge in [0.05, 0.1) is 12.0 Å². The number of hydrogen-bond acceptors (Lipinski definition) is 3. The lowest BCUT2D eigenvalue weighted by Crippen LogP contribution is -2.44. The van der Waals surface area contributed by atoms with Crippen molar-refractivity contribution in [1.29, 1.82) is 0 Å². The lowest BCUT2D eigenvalue weighted by molar-refractivity contribution is -0.138. The second-order valence-corrected chi connectivity index (χ2v) is 5.56. The molecule has 0 bridgehead atoms. The van der Waals surface area contributed by atoms with Crippen LogP contribution in [0.4, 0.5) is 0 Å². The monoisotopic (exact) mass is 284 g/mol. The van der Waals surface area contributed by atoms with E-state index < -0.39 is 5.41 Å². The largest absolute Gasteiger partial charge is 0.492 e. The second-order valence-electron chi connectivity index (χ2n) is 5.12. The van der Waals surface area contributed by atoms with Gasteiger partial charge in [-0.3, -0.25) is 4.79 Å². The van der Waals surface area contributed by atoms with Crippen LogP contribution in [-0.2, 0) is 4.79 Å². The van der Waals surface area contributed by atoms with Gasteiger partial charge in [-0.05, 0) is 32.0 Å². The van der Waals surface area contributed by atoms with Crippen molar-refractivity contribution >= 4 is 17.5 Å². The lowest BCUT2D eigenvalue weighted by Gasteiger charge is -2.28. The molecule has 2 N–H and O–H groups in total. The smallest absolute Gasteiger partial charge is 0.229 e. The summed E-state index contributed by atoms with van der Waals surface area (Å²) in [5.74, 6) is 0.719. The van der Waals surface area contributed by atoms with Crippen molar-refractivity contribution in [2.45, 2.75) is 13.8 Å². The fraction of sp³-hybridized carbons (Fsp3) is 0.500. The van der Waals surface area contributed by atoms with Crippen molar-refractivity contribution in [2.75, 3.05) is 26.7 Å². The second kappa shape index (κ2) is 6.78. The number of halogens is 1. The van der Waals surface area contributed by atoms with Gasteiger partial charge >= 0.3 is 0 Å². The molecule has 1 aromatic rings. The predicted octanol–water partition coefficient (Wildman–Crippen LogP) is 2.16. The molecule has 0 saturated carbocycles. The summed E-state index contributed by atoms with van der Waals surface area (Å²) in [4.78, 5) is 13.7. The van der Waals surface area contributed by atoms with E-state index in [1.807, 2.05) is 26.0 Å². The van der Waals surface area contributed by atoms with Crippen LogP contribution in [0.25, 0.3) is 0 Å². The Morgan fingerprint density at radius 1 is 1.47 bits per heavy atom. The van der Waals surface area contributed by atoms with Crippen molar-refractivity contribution in [3.8, 4) is 5.75 Å². The topological polar surface area (TPSA) is 55.6 Å². The van der Waals surface area contributed by atoms with Crippen LogP contribution in [0.1, 0.15) is 13.8 Å². The molecule has 106 valence electrons. The number of likely N-dealkylation sites (N-methyl/N-ethyl adjacent to an activating group) is 1. The van der Waals surface area contributed by atoms with Crippen molar-refractivity contribution in [3.63, 3.8) is 0 Å². The molecule has 0 atom stereocenters. The molecule has 0 spiro atoms. The summed E-state index contributed by atoms with van der Waals surface area (Å²) in [7, 11) is 1.75. The molecule has 0 aromatic heterocycles. The maximum Gasteiger partial charge on any atom is 0.229 e. The Balaban J connectivity index is 2.43. The van der Waals surface area contributed by atoms with Gasteiger partial charge in [0.25, 0.3) is 0 Å². The molecule has 4 nitrogen and oxygen atoms in total. The van der Waals surface area contributed by atoms with Crippen LogP contribution >= 0.6 is 11.6 Å². The first-order valence-corrected chi connectivity index (χ1v) is 6.58. The highest BCUT2D eigenvalue weighted by Crippen LogP contribution is 2.18. The van der Waals surface area contributed by atoms with Crippen molar-refractivity contribution in [2.24, 2.45) is 11.1 Å². The summed E-state index contributed by atoms with van der Waals surface area (Å²) in [6.45, 7) is 4.93. The van der Waals surface area contributed by atoms with E-state index >= 15 is 0 Å². The Labute approximate surface area is 119 Å². The Morgan fingerprint density at radius 3 is 2.74 bits per heavy atom. The number of hydrogen-bond donors (Lipinski definition) is 1. The summed E-state index contributed by atoms with van der Waals surface area (Å²) >= 11 is 5.86. The van der Waals surface area contributed by atoms with Gasteiger partial charge in [0.1, 0.15) is 12.4 Å². The van der Waals surface area contributed by atoms with Gasteiger partial charge in [-0.15, -0.1) is 0 Å². The third-order valence-electron chi connectivity index (χ3n) is 2.93. The highest BCUT2D eigenvalue weighted by Gasteiger charge is 2.28. The molecule has 1 aromatic carbocycles. The zero-order chi connectivity index (χ0) is 14.5. The summed E-state index contributed by atoms with van der Waals surface area (Å²) in [6.07, 6.45) is 0. The highest BCUT2D eigenvalue weighted by atomic mass is 35.5. The van der Waals surface area contributed by atoms with Crippen LogP contribution in [0, 0.1) is 5.41 Å². The Morgan fingerprint density at radius 2 is 2.16 bits per heavy atom. The summed E-state index contributed by atoms with van der Waals surface area (Å²) < 4.78 is 5.54. The molecule has 0 saturated heterocycles. The van der Waals surface area contributed by atoms with E-state index in [1.165, 1.54) is 0 Å². The summed E-state index contributed by atoms with van der Waals surface area (Å²) in [5, 5.41) is 0.631. The van der Waals surface area contributed by atoms with Gasteiger partial charge in [-0.2, -0.15) is 0 Å². The van der Waals surface area contributed by atoms with Crippen molar-refractivity contribution in [3.05, 3.63) is 29.3 Å². The van der Waals surface area contributed by atoms with E-state index in [9.17, 15) is 4.79 Å². The van der Waals surface area contributed by atoms with Gasteiger partial charge in [-0.1, -0.05) is 17.7 Å². The number of nitrogens with two attached hydrogens (primary N) is 1. The molecule has 1 rings (SSSR count). The Bertz CT molecular complexity index is 435. The zero-order valence-electron chi connectivity index (χ0n) is 11.6. The molecule has 0 radical (unpaired) electrons. The van der Waals surface area contributed by atoms with Gasteiger partial charge in [0, 0.05) is 18.6 Å². The first-order valence-electron chi connectivity index (χ1n) is 6.21. The van der Waals surface area contributed by atoms with Crippen LogP contribution < -0.4 is 10.5 Å². The minimum Gasteiger partial charge on any atom is -0.492 e. The molecular formula is C14H21ClN2O2. The van der Waals surface area contributed by atoms with E-state index in [0.717, 1.165) is 0 Å². The average molecular weight is 285 g/mol. The quantitative estimate of drug-likeness (QED) is 0.871. The number of ether oxygens (including phenoxy) is 1. The number of benzene rings is 1. The van der Waals surface area contributed by atoms with E-state index in [0.29, 0.717) is 30.5 Å². The highest BCUT2D eigenvalue weighted by molar-refractivity contribution is 6.30. The zero-order valence-corrected chi connectivity index (χ0v) is 12.4. The molecule has 0 aliphatic heterocycles. The average Bonchev–Trinajstić information content (AvgIpc) is 2.37. The van der Waals surface area contributed by atoms with Crippen LogP contribution in [0.2, 0.25) is 5.02 Å². The molecule has 0 fully saturated rings. The Hall–Kier alpha value is -1.26. The number of amides is 1. The van der Waals surface area contributed by atoms with E-state index in [4.69, 9.17) is 22.1 Å². The SMILES string of the molecule is CN(CCOc1cccc(Cl)c1)C(=O)C(C)(C)CN. The van der Waals surface area contributed by atoms with E-state index in [-0.39, 0.29) is 5.91 Å². The number of carbonyl (C=O) groups excluding carboxylic acids is 1. The first kappa shape index (κ1) is 15.8. The van der Waals surface area contributed by atoms with E-state index in [1.54, 1.807) is 24.1 Å². The van der Waals surface area contributed by atoms with Gasteiger partial charge in [0.15, 0.2) is 0 Å². The maximum absolute atomic E-state index is 12.1. The molecule has 1 amide bonds. The molecule has 0 aliphatic rings. The first-order chi connectivity index (χ1) is 8.86. The van der Waals surface area contributed by atoms with E-state index in [2.05, 4.69) is 0 Å². The van der Waals surface area contributed by atoms with Crippen LogP contribution in [0.15, 0.2) is 24.3 Å². The third-order valence-corrected chi connectivity index (χ3v) is 3.16. The molecule has 5 heteroatoms. The minimum absolute atomic E-state index is 0.0182. The maximum atomic E-state index is 12.1. The van der Waals surface area contributed by atoms with Crippen LogP contribution in [-0.4, -0.2) is 37.6 Å². The summed E-state index contributed by atoms with van der Waals surface area (Å²) in [5.41, 5.74) is 5.05. The van der Waals surface area contributed by atoms with Crippen LogP contribution in [0.3, 0.4) is 0 Å². The fourth-order valence-corrected chi connectivity index (χ4v) is 1.74. The lowest BCUT2D eigenvalue weighted by atomic mass is 9.92. The number of carbonyl (C=O) groups is 1.